The average molecular weight is 630 g/mol. The summed E-state index contributed by atoms with van der Waals surface area (Å²) in [6, 6.07) is 0.187. The zero-order valence-electron chi connectivity index (χ0n) is 29.7. The number of ketones is 1. The second-order valence-corrected chi connectivity index (χ2v) is 17.1. The molecule has 1 heterocycles. The van der Waals surface area contributed by atoms with Crippen molar-refractivity contribution in [2.45, 2.75) is 113 Å². The molecule has 4 aliphatic carbocycles. The quantitative estimate of drug-likeness (QED) is 0.325. The number of carboxylic acids is 1. The van der Waals surface area contributed by atoms with Crippen LogP contribution in [0.25, 0.3) is 0 Å². The van der Waals surface area contributed by atoms with Crippen molar-refractivity contribution in [3.8, 4) is 0 Å². The number of likely N-dealkylation sites (N-methyl/N-ethyl adjacent to an activating group) is 1. The fourth-order valence-corrected chi connectivity index (χ4v) is 11.4. The van der Waals surface area contributed by atoms with Crippen molar-refractivity contribution in [2.75, 3.05) is 33.9 Å². The van der Waals surface area contributed by atoms with Crippen LogP contribution in [0.2, 0.25) is 0 Å². The number of carbonyl (C=O) groups is 3. The highest BCUT2D eigenvalue weighted by molar-refractivity contribution is 6.00. The zero-order chi connectivity index (χ0) is 33.5. The predicted octanol–water partition coefficient (Wildman–Crippen LogP) is 6.02. The first kappa shape index (κ1) is 34.6. The van der Waals surface area contributed by atoms with Crippen molar-refractivity contribution in [1.82, 2.24) is 4.90 Å². The van der Waals surface area contributed by atoms with Gasteiger partial charge in [-0.05, 0) is 93.7 Å². The standard InChI is InChI=1S/C37H59NO7/c1-21(2)23(4)33(6)14-15-35(8)25-12-13-28-34(7)19-43-20-37(28,26(25)16-29(40)36(35,9)30(33)32(41)42)17-27(45-24(5)39)31(34)44-18-22(3)38(10)11/h16,21-23,25,27-28,30-31H,12-15,17-20H2,1-11H3,(H,41,42)/t22?,23-,25+,27-,28+,30-,31+,33-,34+,35-,36+,37+/m1/s1. The molecule has 5 aliphatic rings. The number of carboxylic acid groups (broad SMARTS) is 1. The number of fused-ring (bicyclic) bond motifs is 3. The van der Waals surface area contributed by atoms with Crippen LogP contribution >= 0.6 is 0 Å². The molecule has 1 N–H and O–H groups in total. The molecule has 45 heavy (non-hydrogen) atoms. The molecule has 1 aliphatic heterocycles. The van der Waals surface area contributed by atoms with Gasteiger partial charge in [-0.25, -0.2) is 0 Å². The summed E-state index contributed by atoms with van der Waals surface area (Å²) in [7, 11) is 4.06. The second kappa shape index (κ2) is 11.4. The van der Waals surface area contributed by atoms with E-state index in [0.29, 0.717) is 32.2 Å². The zero-order valence-corrected chi connectivity index (χ0v) is 29.7. The van der Waals surface area contributed by atoms with E-state index >= 15 is 0 Å². The van der Waals surface area contributed by atoms with E-state index in [2.05, 4.69) is 53.4 Å². The molecule has 0 aromatic heterocycles. The predicted molar refractivity (Wildman–Crippen MR) is 172 cm³/mol. The van der Waals surface area contributed by atoms with Crippen molar-refractivity contribution in [3.63, 3.8) is 0 Å². The number of rotatable bonds is 8. The summed E-state index contributed by atoms with van der Waals surface area (Å²) in [4.78, 5) is 42.8. The van der Waals surface area contributed by atoms with Gasteiger partial charge in [0.1, 0.15) is 12.2 Å². The Morgan fingerprint density at radius 1 is 1.07 bits per heavy atom. The van der Waals surface area contributed by atoms with E-state index in [1.54, 1.807) is 0 Å². The Morgan fingerprint density at radius 2 is 1.73 bits per heavy atom. The lowest BCUT2D eigenvalue weighted by molar-refractivity contribution is -0.267. The molecule has 4 fully saturated rings. The summed E-state index contributed by atoms with van der Waals surface area (Å²) in [6.07, 6.45) is 5.01. The number of nitrogens with zero attached hydrogens (tertiary/aromatic N) is 1. The number of carbonyl (C=O) groups excluding carboxylic acids is 2. The van der Waals surface area contributed by atoms with Gasteiger partial charge in [-0.1, -0.05) is 54.0 Å². The lowest BCUT2D eigenvalue weighted by Gasteiger charge is -2.70. The Balaban J connectivity index is 1.62. The third-order valence-electron chi connectivity index (χ3n) is 14.7. The highest BCUT2D eigenvalue weighted by Crippen LogP contribution is 2.74. The largest absolute Gasteiger partial charge is 0.481 e. The molecule has 254 valence electrons. The molecule has 2 bridgehead atoms. The minimum Gasteiger partial charge on any atom is -0.481 e. The first-order valence-electron chi connectivity index (χ1n) is 17.3. The molecule has 8 heteroatoms. The Bertz CT molecular complexity index is 1240. The molecule has 3 saturated carbocycles. The van der Waals surface area contributed by atoms with Gasteiger partial charge in [0, 0.05) is 29.2 Å². The van der Waals surface area contributed by atoms with Crippen LogP contribution in [0.15, 0.2) is 11.6 Å². The molecule has 1 saturated heterocycles. The van der Waals surface area contributed by atoms with Crippen molar-refractivity contribution in [2.24, 2.45) is 56.7 Å². The van der Waals surface area contributed by atoms with Gasteiger partial charge in [-0.15, -0.1) is 0 Å². The van der Waals surface area contributed by atoms with Gasteiger partial charge in [0.15, 0.2) is 5.78 Å². The minimum atomic E-state index is -1.04. The summed E-state index contributed by atoms with van der Waals surface area (Å²) in [6.45, 7) is 20.1. The average Bonchev–Trinajstić information content (AvgIpc) is 2.93. The van der Waals surface area contributed by atoms with E-state index in [1.165, 1.54) is 6.92 Å². The molecular formula is C37H59NO7. The number of aliphatic carboxylic acids is 1. The van der Waals surface area contributed by atoms with Gasteiger partial charge in [0.25, 0.3) is 0 Å². The fourth-order valence-electron chi connectivity index (χ4n) is 11.4. The van der Waals surface area contributed by atoms with E-state index in [1.807, 2.05) is 27.1 Å². The number of hydrogen-bond donors (Lipinski definition) is 1. The summed E-state index contributed by atoms with van der Waals surface area (Å²) in [5.74, 6) is -1.34. The summed E-state index contributed by atoms with van der Waals surface area (Å²) in [5, 5.41) is 10.9. The van der Waals surface area contributed by atoms with Crippen molar-refractivity contribution < 1.29 is 33.7 Å². The number of hydrogen-bond acceptors (Lipinski definition) is 7. The maximum absolute atomic E-state index is 14.8. The molecule has 0 amide bonds. The summed E-state index contributed by atoms with van der Waals surface area (Å²) >= 11 is 0. The number of ether oxygens (including phenoxy) is 3. The molecule has 8 nitrogen and oxygen atoms in total. The summed E-state index contributed by atoms with van der Waals surface area (Å²) < 4.78 is 19.3. The van der Waals surface area contributed by atoms with Crippen LogP contribution in [-0.4, -0.2) is 79.9 Å². The van der Waals surface area contributed by atoms with Gasteiger partial charge in [-0.3, -0.25) is 14.4 Å². The van der Waals surface area contributed by atoms with Crippen LogP contribution in [0.4, 0.5) is 0 Å². The Labute approximate surface area is 271 Å². The van der Waals surface area contributed by atoms with Crippen LogP contribution in [0.1, 0.15) is 94.4 Å². The number of allylic oxidation sites excluding steroid dienone is 1. The number of esters is 1. The van der Waals surface area contributed by atoms with E-state index < -0.39 is 45.1 Å². The van der Waals surface area contributed by atoms with Crippen LogP contribution in [0.3, 0.4) is 0 Å². The van der Waals surface area contributed by atoms with Gasteiger partial charge >= 0.3 is 11.9 Å². The highest BCUT2D eigenvalue weighted by atomic mass is 16.6. The maximum Gasteiger partial charge on any atom is 0.308 e. The molecule has 0 aromatic rings. The fraction of sp³-hybridized carbons (Fsp3) is 0.865. The lowest BCUT2D eigenvalue weighted by Crippen LogP contribution is -2.71. The maximum atomic E-state index is 14.8. The SMILES string of the molecule is CC(=O)O[C@@H]1C[C@@]23COC[C@@](C)([C@@H]2CC[C@H]2C3=CC(=O)[C@@]3(C)[C@H](C(=O)O)[C@@](C)([C@H](C)C(C)C)CC[C@]23C)[C@H]1OCC(C)N(C)C. The molecular weight excluding hydrogens is 570 g/mol. The molecule has 1 unspecified atom stereocenters. The molecule has 0 radical (unpaired) electrons. The minimum absolute atomic E-state index is 0.0485. The van der Waals surface area contributed by atoms with Crippen LogP contribution in [0.5, 0.6) is 0 Å². The Hall–Kier alpha value is -1.77. The normalized spacial score (nSPS) is 45.6. The second-order valence-electron chi connectivity index (χ2n) is 17.1. The van der Waals surface area contributed by atoms with Gasteiger partial charge in [0.2, 0.25) is 0 Å². The van der Waals surface area contributed by atoms with Crippen LogP contribution < -0.4 is 0 Å². The first-order valence-corrected chi connectivity index (χ1v) is 17.3. The third kappa shape index (κ3) is 4.81. The van der Waals surface area contributed by atoms with Crippen LogP contribution in [0, 0.1) is 56.7 Å². The molecule has 12 atom stereocenters. The Morgan fingerprint density at radius 3 is 2.31 bits per heavy atom. The van der Waals surface area contributed by atoms with E-state index in [9.17, 15) is 19.5 Å². The monoisotopic (exact) mass is 629 g/mol. The van der Waals surface area contributed by atoms with E-state index in [0.717, 1.165) is 31.3 Å². The highest BCUT2D eigenvalue weighted by Gasteiger charge is 2.74. The van der Waals surface area contributed by atoms with E-state index in [4.69, 9.17) is 14.2 Å². The van der Waals surface area contributed by atoms with Crippen molar-refractivity contribution >= 4 is 17.7 Å². The topological polar surface area (TPSA) is 102 Å². The van der Waals surface area contributed by atoms with Gasteiger partial charge in [0.05, 0.1) is 25.7 Å². The molecule has 0 spiro atoms. The van der Waals surface area contributed by atoms with Crippen LogP contribution in [-0.2, 0) is 28.6 Å². The first-order chi connectivity index (χ1) is 20.8. The summed E-state index contributed by atoms with van der Waals surface area (Å²) in [5.41, 5.74) is -1.85. The van der Waals surface area contributed by atoms with Crippen molar-refractivity contribution in [1.29, 1.82) is 0 Å². The Kier molecular flexibility index (Phi) is 8.78. The molecule has 0 aromatic carbocycles. The smallest absolute Gasteiger partial charge is 0.308 e. The van der Waals surface area contributed by atoms with Gasteiger partial charge < -0.3 is 24.2 Å². The molecule has 5 rings (SSSR count). The van der Waals surface area contributed by atoms with E-state index in [-0.39, 0.29) is 41.7 Å². The van der Waals surface area contributed by atoms with Gasteiger partial charge in [-0.2, -0.15) is 0 Å². The third-order valence-corrected chi connectivity index (χ3v) is 14.7. The van der Waals surface area contributed by atoms with Crippen molar-refractivity contribution in [3.05, 3.63) is 11.6 Å². The lowest BCUT2D eigenvalue weighted by atomic mass is 9.34.